The van der Waals surface area contributed by atoms with E-state index in [0.717, 1.165) is 38.8 Å². The van der Waals surface area contributed by atoms with Crippen molar-refractivity contribution in [2.75, 3.05) is 32.1 Å². The van der Waals surface area contributed by atoms with Gasteiger partial charge in [0.1, 0.15) is 11.9 Å². The highest BCUT2D eigenvalue weighted by Gasteiger charge is 2.60. The van der Waals surface area contributed by atoms with Gasteiger partial charge in [-0.2, -0.15) is 0 Å². The maximum atomic E-state index is 13.3. The lowest BCUT2D eigenvalue weighted by atomic mass is 9.46. The van der Waals surface area contributed by atoms with Crippen LogP contribution in [0.2, 0.25) is 0 Å². The molecule has 1 heterocycles. The van der Waals surface area contributed by atoms with Gasteiger partial charge in [-0.15, -0.1) is 0 Å². The van der Waals surface area contributed by atoms with E-state index in [-0.39, 0.29) is 29.8 Å². The average Bonchev–Trinajstić information content (AvgIpc) is 2.88. The molecule has 8 nitrogen and oxygen atoms in total. The first-order valence-electron chi connectivity index (χ1n) is 13.8. The fourth-order valence-corrected chi connectivity index (χ4v) is 7.33. The van der Waals surface area contributed by atoms with Crippen LogP contribution in [0.4, 0.5) is 10.5 Å². The smallest absolute Gasteiger partial charge is 0.411 e. The van der Waals surface area contributed by atoms with Crippen LogP contribution in [0, 0.1) is 28.6 Å². The molecule has 4 rings (SSSR count). The molecule has 0 aromatic heterocycles. The second kappa shape index (κ2) is 11.2. The van der Waals surface area contributed by atoms with Crippen LogP contribution < -0.4 is 10.1 Å². The lowest BCUT2D eigenvalue weighted by Crippen LogP contribution is -2.61. The minimum Gasteiger partial charge on any atom is -0.497 e. The van der Waals surface area contributed by atoms with Crippen molar-refractivity contribution < 1.29 is 29.3 Å². The molecule has 1 aromatic carbocycles. The maximum absolute atomic E-state index is 13.3. The number of anilines is 1. The molecule has 1 aromatic rings. The third-order valence-corrected chi connectivity index (χ3v) is 9.77. The molecule has 2 saturated carbocycles. The summed E-state index contributed by atoms with van der Waals surface area (Å²) in [5.41, 5.74) is -0.445. The molecule has 1 aliphatic heterocycles. The number of nitrogens with zero attached hydrogens (tertiary/aromatic N) is 1. The number of nitrogens with one attached hydrogen (secondary N) is 1. The van der Waals surface area contributed by atoms with E-state index in [4.69, 9.17) is 9.47 Å². The summed E-state index contributed by atoms with van der Waals surface area (Å²) in [4.78, 5) is 28.1. The summed E-state index contributed by atoms with van der Waals surface area (Å²) >= 11 is 0. The first-order chi connectivity index (χ1) is 17.6. The van der Waals surface area contributed by atoms with Gasteiger partial charge in [-0.25, -0.2) is 4.79 Å². The Balaban J connectivity index is 1.47. The number of aliphatic hydroxyl groups excluding tert-OH is 2. The van der Waals surface area contributed by atoms with Gasteiger partial charge in [0.15, 0.2) is 0 Å². The summed E-state index contributed by atoms with van der Waals surface area (Å²) in [5, 5.41) is 24.5. The van der Waals surface area contributed by atoms with E-state index >= 15 is 0 Å². The average molecular weight is 517 g/mol. The fourth-order valence-electron chi connectivity index (χ4n) is 7.33. The van der Waals surface area contributed by atoms with Gasteiger partial charge in [0.2, 0.25) is 5.91 Å². The molecule has 8 heteroatoms. The molecule has 3 aliphatic rings. The first kappa shape index (κ1) is 27.7. The normalized spacial score (nSPS) is 34.4. The predicted molar refractivity (Wildman–Crippen MR) is 141 cm³/mol. The molecule has 2 aliphatic carbocycles. The number of amides is 2. The largest absolute Gasteiger partial charge is 0.497 e. The Morgan fingerprint density at radius 3 is 2.54 bits per heavy atom. The zero-order valence-electron chi connectivity index (χ0n) is 22.7. The van der Waals surface area contributed by atoms with Crippen molar-refractivity contribution in [3.05, 3.63) is 24.3 Å². The van der Waals surface area contributed by atoms with E-state index in [9.17, 15) is 19.8 Å². The van der Waals surface area contributed by atoms with Gasteiger partial charge in [0.25, 0.3) is 0 Å². The summed E-state index contributed by atoms with van der Waals surface area (Å²) in [7, 11) is 1.57. The number of piperidine rings is 1. The molecule has 6 atom stereocenters. The van der Waals surface area contributed by atoms with Crippen LogP contribution in [0.1, 0.15) is 65.7 Å². The van der Waals surface area contributed by atoms with Gasteiger partial charge in [0.05, 0.1) is 19.8 Å². The summed E-state index contributed by atoms with van der Waals surface area (Å²) in [6, 6.07) is 7.07. The van der Waals surface area contributed by atoms with Crippen molar-refractivity contribution in [3.63, 3.8) is 0 Å². The molecule has 3 N–H and O–H groups in total. The molecule has 3 fully saturated rings. The molecular weight excluding hydrogens is 472 g/mol. The Hall–Kier alpha value is -2.32. The maximum Gasteiger partial charge on any atom is 0.411 e. The Morgan fingerprint density at radius 2 is 1.86 bits per heavy atom. The number of carbonyl (C=O) groups is 2. The molecule has 1 saturated heterocycles. The Morgan fingerprint density at radius 1 is 1.14 bits per heavy atom. The number of hydrogen-bond acceptors (Lipinski definition) is 6. The Labute approximate surface area is 220 Å². The first-order valence-corrected chi connectivity index (χ1v) is 13.8. The van der Waals surface area contributed by atoms with Gasteiger partial charge in [-0.3, -0.25) is 10.1 Å². The second-order valence-corrected chi connectivity index (χ2v) is 12.0. The van der Waals surface area contributed by atoms with Crippen LogP contribution in [-0.2, 0) is 9.53 Å². The quantitative estimate of drug-likeness (QED) is 0.516. The van der Waals surface area contributed by atoms with Crippen molar-refractivity contribution in [1.29, 1.82) is 0 Å². The summed E-state index contributed by atoms with van der Waals surface area (Å²) in [6.45, 7) is 7.82. The molecule has 0 bridgehead atoms. The minimum absolute atomic E-state index is 0.0101. The summed E-state index contributed by atoms with van der Waals surface area (Å²) in [5.74, 6) is 1.23. The van der Waals surface area contributed by atoms with Crippen molar-refractivity contribution >= 4 is 17.7 Å². The van der Waals surface area contributed by atoms with E-state index in [1.54, 1.807) is 31.4 Å². The van der Waals surface area contributed by atoms with Crippen molar-refractivity contribution in [1.82, 2.24) is 4.90 Å². The topological polar surface area (TPSA) is 108 Å². The van der Waals surface area contributed by atoms with Crippen molar-refractivity contribution in [2.45, 2.75) is 77.9 Å². The highest BCUT2D eigenvalue weighted by molar-refractivity contribution is 5.85. The summed E-state index contributed by atoms with van der Waals surface area (Å²) < 4.78 is 11.2. The molecule has 206 valence electrons. The monoisotopic (exact) mass is 516 g/mol. The van der Waals surface area contributed by atoms with Crippen molar-refractivity contribution in [2.24, 2.45) is 28.6 Å². The second-order valence-electron chi connectivity index (χ2n) is 12.0. The van der Waals surface area contributed by atoms with E-state index in [0.29, 0.717) is 36.6 Å². The van der Waals surface area contributed by atoms with E-state index in [2.05, 4.69) is 19.2 Å². The highest BCUT2D eigenvalue weighted by atomic mass is 16.6. The number of aliphatic hydroxyl groups is 2. The lowest BCUT2D eigenvalue weighted by Gasteiger charge is -2.60. The van der Waals surface area contributed by atoms with Crippen LogP contribution in [0.5, 0.6) is 5.75 Å². The van der Waals surface area contributed by atoms with Crippen LogP contribution >= 0.6 is 0 Å². The highest BCUT2D eigenvalue weighted by Crippen LogP contribution is 2.61. The van der Waals surface area contributed by atoms with Crippen LogP contribution in [0.3, 0.4) is 0 Å². The number of fused-ring (bicyclic) bond motifs is 1. The zero-order chi connectivity index (χ0) is 26.8. The number of likely N-dealkylation sites (tertiary alicyclic amines) is 1. The molecule has 6 unspecified atom stereocenters. The SMILES string of the molecule is COc1cccc(NC(=O)OC2CCC3(C)C(CC(=O)N4CCC(C)CC4)C(O)CCC3C2(C)CO)c1. The number of methoxy groups -OCH3 is 1. The van der Waals surface area contributed by atoms with Gasteiger partial charge >= 0.3 is 6.09 Å². The predicted octanol–water partition coefficient (Wildman–Crippen LogP) is 4.45. The molecule has 0 spiro atoms. The van der Waals surface area contributed by atoms with Crippen molar-refractivity contribution in [3.8, 4) is 5.75 Å². The summed E-state index contributed by atoms with van der Waals surface area (Å²) in [6.07, 6.45) is 3.36. The number of ether oxygens (including phenoxy) is 2. The van der Waals surface area contributed by atoms with E-state index in [1.807, 2.05) is 11.8 Å². The Bertz CT molecular complexity index is 963. The van der Waals surface area contributed by atoms with Gasteiger partial charge in [-0.1, -0.05) is 26.8 Å². The third kappa shape index (κ3) is 5.60. The van der Waals surface area contributed by atoms with Crippen LogP contribution in [0.15, 0.2) is 24.3 Å². The lowest BCUT2D eigenvalue weighted by molar-refractivity contribution is -0.186. The van der Waals surface area contributed by atoms with Crippen LogP contribution in [0.25, 0.3) is 0 Å². The third-order valence-electron chi connectivity index (χ3n) is 9.77. The molecule has 37 heavy (non-hydrogen) atoms. The molecule has 0 radical (unpaired) electrons. The fraction of sp³-hybridized carbons (Fsp3) is 0.724. The molecular formula is C29H44N2O6. The number of hydrogen-bond donors (Lipinski definition) is 3. The number of benzene rings is 1. The Kier molecular flexibility index (Phi) is 8.38. The van der Waals surface area contributed by atoms with Gasteiger partial charge in [0, 0.05) is 36.7 Å². The van der Waals surface area contributed by atoms with Crippen LogP contribution in [-0.4, -0.2) is 66.1 Å². The number of rotatable bonds is 6. The standard InChI is InChI=1S/C29H44N2O6/c1-19-11-14-31(15-12-19)26(34)17-22-23(33)8-9-24-28(22,2)13-10-25(29(24,3)18-32)37-27(35)30-20-6-5-7-21(16-20)36-4/h5-7,16,19,22-25,32-33H,8-15,17-18H2,1-4H3,(H,30,35). The molecule has 2 amide bonds. The van der Waals surface area contributed by atoms with Gasteiger partial charge in [-0.05, 0) is 73.8 Å². The number of carbonyl (C=O) groups excluding carboxylic acids is 2. The van der Waals surface area contributed by atoms with E-state index in [1.165, 1.54) is 0 Å². The minimum atomic E-state index is -0.680. The van der Waals surface area contributed by atoms with E-state index < -0.39 is 23.7 Å². The van der Waals surface area contributed by atoms with Gasteiger partial charge < -0.3 is 24.6 Å². The zero-order valence-corrected chi connectivity index (χ0v) is 22.7.